The second-order valence-electron chi connectivity index (χ2n) is 6.43. The molecule has 0 aliphatic rings. The van der Waals surface area contributed by atoms with Gasteiger partial charge in [-0.15, -0.1) is 0 Å². The van der Waals surface area contributed by atoms with E-state index in [1.54, 1.807) is 6.08 Å². The number of carbonyl (C=O) groups is 1. The second-order valence-corrected chi connectivity index (χ2v) is 6.43. The lowest BCUT2D eigenvalue weighted by atomic mass is 9.99. The van der Waals surface area contributed by atoms with Gasteiger partial charge in [-0.2, -0.15) is 0 Å². The van der Waals surface area contributed by atoms with Crippen molar-refractivity contribution in [3.8, 4) is 0 Å². The van der Waals surface area contributed by atoms with Crippen LogP contribution in [0.3, 0.4) is 0 Å². The highest BCUT2D eigenvalue weighted by Gasteiger charge is 2.11. The van der Waals surface area contributed by atoms with Crippen LogP contribution >= 0.6 is 0 Å². The Labute approximate surface area is 154 Å². The maximum absolute atomic E-state index is 10.8. The van der Waals surface area contributed by atoms with Gasteiger partial charge in [0.05, 0.1) is 22.1 Å². The number of benzene rings is 4. The Hall–Kier alpha value is -3.79. The first-order chi connectivity index (χ1) is 13.2. The van der Waals surface area contributed by atoms with Crippen LogP contribution in [0, 0.1) is 0 Å². The van der Waals surface area contributed by atoms with Crippen molar-refractivity contribution in [2.24, 2.45) is 0 Å². The highest BCUT2D eigenvalue weighted by atomic mass is 16.4. The minimum atomic E-state index is -0.975. The standard InChI is InChI=1S/C23H14N2O2/c26-21(27)12-10-14-9-11-19-20(13-14)25-23-18-8-4-2-6-16(18)15-5-1-3-7-17(15)22(23)24-19/h1-13H,(H,26,27). The Kier molecular flexibility index (Phi) is 3.37. The Balaban J connectivity index is 1.91. The number of aliphatic carboxylic acids is 1. The fraction of sp³-hybridized carbons (Fsp3) is 0. The number of carboxylic acids is 1. The lowest BCUT2D eigenvalue weighted by Crippen LogP contribution is -1.92. The molecule has 0 radical (unpaired) electrons. The topological polar surface area (TPSA) is 63.1 Å². The molecule has 5 aromatic rings. The molecule has 0 aliphatic carbocycles. The first kappa shape index (κ1) is 15.5. The van der Waals surface area contributed by atoms with Gasteiger partial charge < -0.3 is 5.11 Å². The maximum Gasteiger partial charge on any atom is 0.328 e. The van der Waals surface area contributed by atoms with E-state index in [1.165, 1.54) is 0 Å². The number of nitrogens with zero attached hydrogens (tertiary/aromatic N) is 2. The molecule has 0 unspecified atom stereocenters. The molecule has 0 bridgehead atoms. The van der Waals surface area contributed by atoms with Gasteiger partial charge in [-0.1, -0.05) is 54.6 Å². The van der Waals surface area contributed by atoms with E-state index in [1.807, 2.05) is 42.5 Å². The number of fused-ring (bicyclic) bond motifs is 7. The van der Waals surface area contributed by atoms with Crippen molar-refractivity contribution in [3.63, 3.8) is 0 Å². The van der Waals surface area contributed by atoms with Crippen LogP contribution in [0.15, 0.2) is 72.8 Å². The molecule has 1 heterocycles. The lowest BCUT2D eigenvalue weighted by Gasteiger charge is -2.10. The van der Waals surface area contributed by atoms with Crippen molar-refractivity contribution in [1.82, 2.24) is 9.97 Å². The van der Waals surface area contributed by atoms with E-state index < -0.39 is 5.97 Å². The zero-order chi connectivity index (χ0) is 18.4. The largest absolute Gasteiger partial charge is 0.478 e. The molecule has 4 nitrogen and oxygen atoms in total. The van der Waals surface area contributed by atoms with Crippen molar-refractivity contribution < 1.29 is 9.90 Å². The molecule has 0 amide bonds. The normalized spacial score (nSPS) is 11.9. The van der Waals surface area contributed by atoms with E-state index in [4.69, 9.17) is 15.1 Å². The number of hydrogen-bond donors (Lipinski definition) is 1. The van der Waals surface area contributed by atoms with Crippen LogP contribution in [0.25, 0.3) is 49.7 Å². The summed E-state index contributed by atoms with van der Waals surface area (Å²) in [6.45, 7) is 0. The minimum absolute atomic E-state index is 0.746. The number of rotatable bonds is 2. The van der Waals surface area contributed by atoms with Crippen molar-refractivity contribution in [2.75, 3.05) is 0 Å². The average molecular weight is 350 g/mol. The SMILES string of the molecule is O=C(O)C=Cc1ccc2nc3c4ccccc4c4ccccc4c3nc2c1. The Morgan fingerprint density at radius 2 is 1.30 bits per heavy atom. The van der Waals surface area contributed by atoms with Crippen LogP contribution in [0.2, 0.25) is 0 Å². The van der Waals surface area contributed by atoms with Gasteiger partial charge in [0.1, 0.15) is 0 Å². The summed E-state index contributed by atoms with van der Waals surface area (Å²) in [5.74, 6) is -0.975. The third-order valence-corrected chi connectivity index (χ3v) is 4.76. The predicted octanol–water partition coefficient (Wildman–Crippen LogP) is 5.19. The van der Waals surface area contributed by atoms with Gasteiger partial charge in [-0.25, -0.2) is 14.8 Å². The van der Waals surface area contributed by atoms with Crippen LogP contribution < -0.4 is 0 Å². The Morgan fingerprint density at radius 3 is 1.89 bits per heavy atom. The van der Waals surface area contributed by atoms with E-state index in [9.17, 15) is 4.79 Å². The molecule has 27 heavy (non-hydrogen) atoms. The third-order valence-electron chi connectivity index (χ3n) is 4.76. The van der Waals surface area contributed by atoms with Crippen molar-refractivity contribution >= 4 is 55.7 Å². The third kappa shape index (κ3) is 2.50. The summed E-state index contributed by atoms with van der Waals surface area (Å²) in [4.78, 5) is 20.6. The van der Waals surface area contributed by atoms with E-state index in [0.29, 0.717) is 0 Å². The van der Waals surface area contributed by atoms with Crippen LogP contribution in [0.5, 0.6) is 0 Å². The minimum Gasteiger partial charge on any atom is -0.478 e. The summed E-state index contributed by atoms with van der Waals surface area (Å²) in [6, 6.07) is 22.1. The molecule has 128 valence electrons. The molecule has 0 saturated heterocycles. The zero-order valence-corrected chi connectivity index (χ0v) is 14.3. The van der Waals surface area contributed by atoms with Gasteiger partial charge in [0.15, 0.2) is 0 Å². The summed E-state index contributed by atoms with van der Waals surface area (Å²) >= 11 is 0. The van der Waals surface area contributed by atoms with E-state index in [0.717, 1.165) is 55.3 Å². The highest BCUT2D eigenvalue weighted by molar-refractivity contribution is 6.23. The summed E-state index contributed by atoms with van der Waals surface area (Å²) in [7, 11) is 0. The van der Waals surface area contributed by atoms with Crippen LogP contribution in [-0.4, -0.2) is 21.0 Å². The monoisotopic (exact) mass is 350 g/mol. The molecule has 4 heteroatoms. The van der Waals surface area contributed by atoms with Crippen LogP contribution in [0.1, 0.15) is 5.56 Å². The maximum atomic E-state index is 10.8. The molecule has 0 fully saturated rings. The highest BCUT2D eigenvalue weighted by Crippen LogP contribution is 2.33. The average Bonchev–Trinajstić information content (AvgIpc) is 2.71. The summed E-state index contributed by atoms with van der Waals surface area (Å²) in [5.41, 5.74) is 4.05. The van der Waals surface area contributed by atoms with Crippen molar-refractivity contribution in [3.05, 3.63) is 78.4 Å². The molecule has 0 atom stereocenters. The number of aromatic nitrogens is 2. The molecule has 0 aliphatic heterocycles. The molecular formula is C23H14N2O2. The summed E-state index contributed by atoms with van der Waals surface area (Å²) in [6.07, 6.45) is 2.69. The molecule has 4 aromatic carbocycles. The fourth-order valence-electron chi connectivity index (χ4n) is 3.57. The van der Waals surface area contributed by atoms with E-state index >= 15 is 0 Å². The number of hydrogen-bond acceptors (Lipinski definition) is 3. The van der Waals surface area contributed by atoms with Gasteiger partial charge in [0.2, 0.25) is 0 Å². The molecule has 1 aromatic heterocycles. The first-order valence-corrected chi connectivity index (χ1v) is 8.63. The smallest absolute Gasteiger partial charge is 0.328 e. The summed E-state index contributed by atoms with van der Waals surface area (Å²) in [5, 5.41) is 13.3. The predicted molar refractivity (Wildman–Crippen MR) is 109 cm³/mol. The van der Waals surface area contributed by atoms with Crippen molar-refractivity contribution in [2.45, 2.75) is 0 Å². The summed E-state index contributed by atoms with van der Waals surface area (Å²) < 4.78 is 0. The lowest BCUT2D eigenvalue weighted by molar-refractivity contribution is -0.131. The molecular weight excluding hydrogens is 336 g/mol. The molecule has 0 spiro atoms. The molecule has 5 rings (SSSR count). The van der Waals surface area contributed by atoms with E-state index in [2.05, 4.69) is 24.3 Å². The molecule has 0 saturated carbocycles. The van der Waals surface area contributed by atoms with Crippen molar-refractivity contribution in [1.29, 1.82) is 0 Å². The van der Waals surface area contributed by atoms with Crippen LogP contribution in [0.4, 0.5) is 0 Å². The van der Waals surface area contributed by atoms with Gasteiger partial charge >= 0.3 is 5.97 Å². The zero-order valence-electron chi connectivity index (χ0n) is 14.3. The fourth-order valence-corrected chi connectivity index (χ4v) is 3.57. The Bertz CT molecular complexity index is 1400. The van der Waals surface area contributed by atoms with Gasteiger partial charge in [-0.3, -0.25) is 0 Å². The first-order valence-electron chi connectivity index (χ1n) is 8.63. The van der Waals surface area contributed by atoms with E-state index in [-0.39, 0.29) is 0 Å². The number of carboxylic acid groups (broad SMARTS) is 1. The quantitative estimate of drug-likeness (QED) is 0.270. The van der Waals surface area contributed by atoms with Gasteiger partial charge in [0, 0.05) is 16.8 Å². The van der Waals surface area contributed by atoms with Gasteiger partial charge in [0.25, 0.3) is 0 Å². The van der Waals surface area contributed by atoms with Crippen LogP contribution in [-0.2, 0) is 4.79 Å². The Morgan fingerprint density at radius 1 is 0.741 bits per heavy atom. The van der Waals surface area contributed by atoms with Gasteiger partial charge in [-0.05, 0) is 34.5 Å². The molecule has 1 N–H and O–H groups in total. The second kappa shape index (κ2) is 5.88.